The number of carbonyl (C=O) groups excluding carboxylic acids is 1. The molecule has 1 fully saturated rings. The monoisotopic (exact) mass is 263 g/mol. The average molecular weight is 263 g/mol. The first kappa shape index (κ1) is 14.1. The van der Waals surface area contributed by atoms with E-state index < -0.39 is 0 Å². The fourth-order valence-electron chi connectivity index (χ4n) is 2.76. The highest BCUT2D eigenvalue weighted by molar-refractivity contribution is 5.92. The molecule has 0 bridgehead atoms. The molecule has 4 nitrogen and oxygen atoms in total. The topological polar surface area (TPSA) is 46.1 Å². The summed E-state index contributed by atoms with van der Waals surface area (Å²) in [6, 6.07) is 4.07. The molecule has 2 heterocycles. The van der Waals surface area contributed by atoms with Crippen LogP contribution in [0.3, 0.4) is 0 Å². The molecule has 2 unspecified atom stereocenters. The molecule has 0 spiro atoms. The number of hydrogen-bond acceptors (Lipinski definition) is 2. The van der Waals surface area contributed by atoms with E-state index in [-0.39, 0.29) is 11.9 Å². The molecule has 1 aliphatic rings. The third-order valence-electron chi connectivity index (χ3n) is 3.93. The van der Waals surface area contributed by atoms with E-state index in [1.54, 1.807) is 0 Å². The summed E-state index contributed by atoms with van der Waals surface area (Å²) in [4.78, 5) is 12.3. The first-order chi connectivity index (χ1) is 9.22. The van der Waals surface area contributed by atoms with Gasteiger partial charge in [0.05, 0.1) is 0 Å². The van der Waals surface area contributed by atoms with Gasteiger partial charge in [-0.1, -0.05) is 6.92 Å². The number of piperidine rings is 1. The van der Waals surface area contributed by atoms with Gasteiger partial charge in [0.1, 0.15) is 5.69 Å². The van der Waals surface area contributed by atoms with Crippen molar-refractivity contribution >= 4 is 5.91 Å². The first-order valence-electron chi connectivity index (χ1n) is 7.39. The number of rotatable bonds is 5. The summed E-state index contributed by atoms with van der Waals surface area (Å²) in [6.07, 6.45) is 5.42. The van der Waals surface area contributed by atoms with E-state index in [4.69, 9.17) is 0 Å². The highest BCUT2D eigenvalue weighted by atomic mass is 16.2. The zero-order chi connectivity index (χ0) is 13.7. The van der Waals surface area contributed by atoms with E-state index in [1.807, 2.05) is 22.9 Å². The molecule has 1 amide bonds. The van der Waals surface area contributed by atoms with E-state index >= 15 is 0 Å². The Morgan fingerprint density at radius 3 is 3.16 bits per heavy atom. The predicted octanol–water partition coefficient (Wildman–Crippen LogP) is 2.02. The van der Waals surface area contributed by atoms with Gasteiger partial charge in [0.15, 0.2) is 0 Å². The number of aromatic nitrogens is 1. The maximum absolute atomic E-state index is 12.3. The molecule has 0 radical (unpaired) electrons. The molecule has 0 aliphatic carbocycles. The number of amides is 1. The van der Waals surface area contributed by atoms with Crippen LogP contribution < -0.4 is 10.6 Å². The zero-order valence-corrected chi connectivity index (χ0v) is 12.0. The van der Waals surface area contributed by atoms with Crippen LogP contribution in [0, 0.1) is 5.92 Å². The third-order valence-corrected chi connectivity index (χ3v) is 3.93. The molecule has 2 rings (SSSR count). The van der Waals surface area contributed by atoms with Gasteiger partial charge >= 0.3 is 0 Å². The normalized spacial score (nSPS) is 21.1. The van der Waals surface area contributed by atoms with Crippen molar-refractivity contribution < 1.29 is 4.79 Å². The molecule has 2 atom stereocenters. The number of nitrogens with one attached hydrogen (secondary N) is 2. The van der Waals surface area contributed by atoms with Crippen LogP contribution in [0.4, 0.5) is 0 Å². The second kappa shape index (κ2) is 6.75. The fraction of sp³-hybridized carbons (Fsp3) is 0.667. The summed E-state index contributed by atoms with van der Waals surface area (Å²) in [7, 11) is 0. The summed E-state index contributed by atoms with van der Waals surface area (Å²) in [6.45, 7) is 7.25. The fourth-order valence-corrected chi connectivity index (χ4v) is 2.76. The minimum Gasteiger partial charge on any atom is -0.348 e. The second-order valence-corrected chi connectivity index (χ2v) is 5.46. The molecule has 0 aromatic carbocycles. The van der Waals surface area contributed by atoms with Crippen LogP contribution in [0.2, 0.25) is 0 Å². The van der Waals surface area contributed by atoms with Crippen molar-refractivity contribution in [3.05, 3.63) is 24.0 Å². The SMILES string of the molecule is CCCn1cccc1C(=O)NC(C)C1CCCNC1. The Kier molecular flexibility index (Phi) is 5.02. The maximum atomic E-state index is 12.3. The van der Waals surface area contributed by atoms with Crippen molar-refractivity contribution in [1.82, 2.24) is 15.2 Å². The molecular weight excluding hydrogens is 238 g/mol. The van der Waals surface area contributed by atoms with Crippen molar-refractivity contribution in [3.63, 3.8) is 0 Å². The molecule has 4 heteroatoms. The van der Waals surface area contributed by atoms with Crippen LogP contribution >= 0.6 is 0 Å². The van der Waals surface area contributed by atoms with Crippen molar-refractivity contribution in [2.75, 3.05) is 13.1 Å². The Bertz CT molecular complexity index is 407. The molecule has 0 saturated carbocycles. The van der Waals surface area contributed by atoms with Crippen LogP contribution in [-0.2, 0) is 6.54 Å². The molecule has 1 aromatic rings. The number of carbonyl (C=O) groups is 1. The Morgan fingerprint density at radius 2 is 2.47 bits per heavy atom. The van der Waals surface area contributed by atoms with E-state index in [0.717, 1.165) is 31.7 Å². The quantitative estimate of drug-likeness (QED) is 0.853. The van der Waals surface area contributed by atoms with Crippen molar-refractivity contribution in [3.8, 4) is 0 Å². The molecule has 1 saturated heterocycles. The van der Waals surface area contributed by atoms with Crippen LogP contribution in [0.25, 0.3) is 0 Å². The molecule has 19 heavy (non-hydrogen) atoms. The lowest BCUT2D eigenvalue weighted by Crippen LogP contribution is -2.44. The lowest BCUT2D eigenvalue weighted by molar-refractivity contribution is 0.0912. The first-order valence-corrected chi connectivity index (χ1v) is 7.39. The minimum absolute atomic E-state index is 0.0523. The van der Waals surface area contributed by atoms with E-state index in [9.17, 15) is 4.79 Å². The van der Waals surface area contributed by atoms with E-state index in [0.29, 0.717) is 5.92 Å². The van der Waals surface area contributed by atoms with Crippen LogP contribution in [0.15, 0.2) is 18.3 Å². The number of aryl methyl sites for hydroxylation is 1. The molecule has 1 aromatic heterocycles. The van der Waals surface area contributed by atoms with Crippen molar-refractivity contribution in [2.24, 2.45) is 5.92 Å². The summed E-state index contributed by atoms with van der Waals surface area (Å²) in [5, 5.41) is 6.55. The smallest absolute Gasteiger partial charge is 0.268 e. The summed E-state index contributed by atoms with van der Waals surface area (Å²) >= 11 is 0. The van der Waals surface area contributed by atoms with Gasteiger partial charge in [-0.15, -0.1) is 0 Å². The van der Waals surface area contributed by atoms with Gasteiger partial charge in [-0.2, -0.15) is 0 Å². The van der Waals surface area contributed by atoms with Gasteiger partial charge in [0.25, 0.3) is 5.91 Å². The summed E-state index contributed by atoms with van der Waals surface area (Å²) < 4.78 is 2.03. The highest BCUT2D eigenvalue weighted by Crippen LogP contribution is 2.15. The molecule has 106 valence electrons. The molecule has 2 N–H and O–H groups in total. The maximum Gasteiger partial charge on any atom is 0.268 e. The van der Waals surface area contributed by atoms with E-state index in [1.165, 1.54) is 12.8 Å². The lowest BCUT2D eigenvalue weighted by atomic mass is 9.93. The van der Waals surface area contributed by atoms with Gasteiger partial charge in [0, 0.05) is 18.8 Å². The predicted molar refractivity (Wildman–Crippen MR) is 77.2 cm³/mol. The average Bonchev–Trinajstić information content (AvgIpc) is 2.88. The minimum atomic E-state index is 0.0523. The lowest BCUT2D eigenvalue weighted by Gasteiger charge is -2.29. The van der Waals surface area contributed by atoms with Crippen LogP contribution in [0.1, 0.15) is 43.6 Å². The van der Waals surface area contributed by atoms with Crippen LogP contribution in [0.5, 0.6) is 0 Å². The summed E-state index contributed by atoms with van der Waals surface area (Å²) in [5.41, 5.74) is 0.775. The Hall–Kier alpha value is -1.29. The standard InChI is InChI=1S/C15H25N3O/c1-3-9-18-10-5-7-14(18)15(19)17-12(2)13-6-4-8-16-11-13/h5,7,10,12-13,16H,3-4,6,8-9,11H2,1-2H3,(H,17,19). The van der Waals surface area contributed by atoms with Crippen molar-refractivity contribution in [1.29, 1.82) is 0 Å². The second-order valence-electron chi connectivity index (χ2n) is 5.46. The Labute approximate surface area is 115 Å². The van der Waals surface area contributed by atoms with Gasteiger partial charge in [-0.05, 0) is 57.3 Å². The van der Waals surface area contributed by atoms with Gasteiger partial charge in [0.2, 0.25) is 0 Å². The highest BCUT2D eigenvalue weighted by Gasteiger charge is 2.22. The number of nitrogens with zero attached hydrogens (tertiary/aromatic N) is 1. The Balaban J connectivity index is 1.93. The van der Waals surface area contributed by atoms with Gasteiger partial charge < -0.3 is 15.2 Å². The molecule has 1 aliphatic heterocycles. The summed E-state index contributed by atoms with van der Waals surface area (Å²) in [5.74, 6) is 0.601. The Morgan fingerprint density at radius 1 is 1.63 bits per heavy atom. The van der Waals surface area contributed by atoms with Crippen LogP contribution in [-0.4, -0.2) is 29.6 Å². The van der Waals surface area contributed by atoms with Gasteiger partial charge in [-0.3, -0.25) is 4.79 Å². The van der Waals surface area contributed by atoms with Crippen molar-refractivity contribution in [2.45, 2.75) is 45.7 Å². The van der Waals surface area contributed by atoms with Gasteiger partial charge in [-0.25, -0.2) is 0 Å². The van der Waals surface area contributed by atoms with E-state index in [2.05, 4.69) is 24.5 Å². The third kappa shape index (κ3) is 3.60. The zero-order valence-electron chi connectivity index (χ0n) is 12.0. The largest absolute Gasteiger partial charge is 0.348 e. The molecular formula is C15H25N3O. The number of hydrogen-bond donors (Lipinski definition) is 2.